The molecular weight excluding hydrogens is 402 g/mol. The molecule has 2 aromatic carbocycles. The lowest BCUT2D eigenvalue weighted by molar-refractivity contribution is -0.384. The first-order chi connectivity index (χ1) is 13.5. The fourth-order valence-electron chi connectivity index (χ4n) is 2.54. The molecule has 0 bridgehead atoms. The molecule has 144 valence electrons. The molecule has 0 saturated carbocycles. The van der Waals surface area contributed by atoms with Crippen molar-refractivity contribution in [2.45, 2.75) is 13.3 Å². The first-order valence-electron chi connectivity index (χ1n) is 8.38. The van der Waals surface area contributed by atoms with Crippen molar-refractivity contribution in [3.63, 3.8) is 0 Å². The van der Waals surface area contributed by atoms with Crippen molar-refractivity contribution in [2.24, 2.45) is 0 Å². The van der Waals surface area contributed by atoms with E-state index in [2.05, 4.69) is 10.3 Å². The predicted molar refractivity (Wildman–Crippen MR) is 109 cm³/mol. The molecular formula is C19H16ClN3O4S. The number of ether oxygens (including phenoxy) is 1. The molecule has 0 atom stereocenters. The zero-order valence-corrected chi connectivity index (χ0v) is 16.4. The fourth-order valence-corrected chi connectivity index (χ4v) is 3.57. The number of nitro benzene ring substituents is 1. The highest BCUT2D eigenvalue weighted by molar-refractivity contribution is 7.13. The minimum absolute atomic E-state index is 0.0140. The summed E-state index contributed by atoms with van der Waals surface area (Å²) in [6.07, 6.45) is 0.0454. The maximum absolute atomic E-state index is 12.3. The number of halogens is 1. The van der Waals surface area contributed by atoms with Crippen molar-refractivity contribution in [2.75, 3.05) is 11.9 Å². The third-order valence-corrected chi connectivity index (χ3v) is 4.98. The van der Waals surface area contributed by atoms with Gasteiger partial charge in [0.2, 0.25) is 5.91 Å². The Labute approximate surface area is 170 Å². The number of hydrogen-bond acceptors (Lipinski definition) is 6. The standard InChI is InChI=1S/C19H16ClN3O4S/c1-2-27-17-6-4-3-5-14(17)19-22-13(11-28-19)10-18(24)21-12-7-8-15(20)16(9-12)23(25)26/h3-9,11H,2,10H2,1H3,(H,21,24). The fraction of sp³-hybridized carbons (Fsp3) is 0.158. The van der Waals surface area contributed by atoms with Crippen LogP contribution >= 0.6 is 22.9 Å². The van der Waals surface area contributed by atoms with E-state index in [-0.39, 0.29) is 23.0 Å². The van der Waals surface area contributed by atoms with Crippen LogP contribution in [0.4, 0.5) is 11.4 Å². The van der Waals surface area contributed by atoms with Gasteiger partial charge in [-0.2, -0.15) is 0 Å². The van der Waals surface area contributed by atoms with Gasteiger partial charge in [0, 0.05) is 17.1 Å². The van der Waals surface area contributed by atoms with E-state index in [1.54, 1.807) is 0 Å². The monoisotopic (exact) mass is 417 g/mol. The predicted octanol–water partition coefficient (Wildman–Crippen LogP) is 4.95. The van der Waals surface area contributed by atoms with Crippen LogP contribution in [-0.4, -0.2) is 22.4 Å². The van der Waals surface area contributed by atoms with Crippen LogP contribution in [0.5, 0.6) is 5.75 Å². The molecule has 9 heteroatoms. The molecule has 0 radical (unpaired) electrons. The number of carbonyl (C=O) groups excluding carboxylic acids is 1. The number of thiazole rings is 1. The van der Waals surface area contributed by atoms with Crippen molar-refractivity contribution in [3.8, 4) is 16.3 Å². The van der Waals surface area contributed by atoms with Crippen LogP contribution in [0.1, 0.15) is 12.6 Å². The van der Waals surface area contributed by atoms with Crippen molar-refractivity contribution in [1.29, 1.82) is 0 Å². The molecule has 0 aliphatic carbocycles. The first-order valence-corrected chi connectivity index (χ1v) is 9.64. The second-order valence-electron chi connectivity index (χ2n) is 5.72. The molecule has 3 rings (SSSR count). The summed E-state index contributed by atoms with van der Waals surface area (Å²) in [5.74, 6) is 0.412. The molecule has 3 aromatic rings. The third kappa shape index (κ3) is 4.65. The highest BCUT2D eigenvalue weighted by Crippen LogP contribution is 2.32. The van der Waals surface area contributed by atoms with E-state index in [1.165, 1.54) is 29.5 Å². The number of benzene rings is 2. The number of carbonyl (C=O) groups is 1. The van der Waals surface area contributed by atoms with Gasteiger partial charge < -0.3 is 10.1 Å². The maximum Gasteiger partial charge on any atom is 0.289 e. The van der Waals surface area contributed by atoms with Crippen LogP contribution in [-0.2, 0) is 11.2 Å². The van der Waals surface area contributed by atoms with Crippen molar-refractivity contribution in [1.82, 2.24) is 4.98 Å². The van der Waals surface area contributed by atoms with E-state index in [0.29, 0.717) is 18.0 Å². The Hall–Kier alpha value is -2.97. The summed E-state index contributed by atoms with van der Waals surface area (Å²) in [6.45, 7) is 2.46. The van der Waals surface area contributed by atoms with Crippen molar-refractivity contribution >= 4 is 40.2 Å². The van der Waals surface area contributed by atoms with Gasteiger partial charge in [0.1, 0.15) is 15.8 Å². The molecule has 0 spiro atoms. The van der Waals surface area contributed by atoms with Crippen LogP contribution in [0, 0.1) is 10.1 Å². The zero-order chi connectivity index (χ0) is 20.1. The van der Waals surface area contributed by atoms with Gasteiger partial charge in [0.15, 0.2) is 0 Å². The Morgan fingerprint density at radius 3 is 2.86 bits per heavy atom. The smallest absolute Gasteiger partial charge is 0.289 e. The molecule has 7 nitrogen and oxygen atoms in total. The normalized spacial score (nSPS) is 10.5. The number of nitrogens with zero attached hydrogens (tertiary/aromatic N) is 2. The minimum Gasteiger partial charge on any atom is -0.493 e. The summed E-state index contributed by atoms with van der Waals surface area (Å²) < 4.78 is 5.62. The highest BCUT2D eigenvalue weighted by Gasteiger charge is 2.15. The van der Waals surface area contributed by atoms with Gasteiger partial charge in [-0.1, -0.05) is 23.7 Å². The van der Waals surface area contributed by atoms with Crippen LogP contribution in [0.2, 0.25) is 5.02 Å². The van der Waals surface area contributed by atoms with Gasteiger partial charge >= 0.3 is 0 Å². The summed E-state index contributed by atoms with van der Waals surface area (Å²) in [4.78, 5) is 27.2. The van der Waals surface area contributed by atoms with Gasteiger partial charge in [0.25, 0.3) is 5.69 Å². The van der Waals surface area contributed by atoms with Crippen molar-refractivity contribution < 1.29 is 14.5 Å². The average Bonchev–Trinajstić information content (AvgIpc) is 3.12. The van der Waals surface area contributed by atoms with Crippen LogP contribution in [0.3, 0.4) is 0 Å². The molecule has 0 aliphatic rings. The summed E-state index contributed by atoms with van der Waals surface area (Å²) in [5, 5.41) is 16.2. The molecule has 1 amide bonds. The Balaban J connectivity index is 1.71. The maximum atomic E-state index is 12.3. The SMILES string of the molecule is CCOc1ccccc1-c1nc(CC(=O)Nc2ccc(Cl)c([N+](=O)[O-])c2)cs1. The molecule has 0 unspecified atom stereocenters. The molecule has 1 aromatic heterocycles. The highest BCUT2D eigenvalue weighted by atomic mass is 35.5. The minimum atomic E-state index is -0.597. The zero-order valence-electron chi connectivity index (χ0n) is 14.8. The molecule has 0 saturated heterocycles. The van der Waals surface area contributed by atoms with E-state index in [1.807, 2.05) is 36.6 Å². The number of nitro groups is 1. The number of anilines is 1. The number of para-hydroxylation sites is 1. The first kappa shape index (κ1) is 19.8. The molecule has 1 N–H and O–H groups in total. The molecule has 1 heterocycles. The van der Waals surface area contributed by atoms with Gasteiger partial charge in [-0.25, -0.2) is 4.98 Å². The summed E-state index contributed by atoms with van der Waals surface area (Å²) in [5.41, 5.74) is 1.52. The lowest BCUT2D eigenvalue weighted by Gasteiger charge is -2.07. The lowest BCUT2D eigenvalue weighted by atomic mass is 10.2. The van der Waals surface area contributed by atoms with Crippen LogP contribution < -0.4 is 10.1 Å². The number of amides is 1. The summed E-state index contributed by atoms with van der Waals surface area (Å²) in [7, 11) is 0. The lowest BCUT2D eigenvalue weighted by Crippen LogP contribution is -2.14. The number of nitrogens with one attached hydrogen (secondary N) is 1. The Morgan fingerprint density at radius 1 is 1.32 bits per heavy atom. The largest absolute Gasteiger partial charge is 0.493 e. The Bertz CT molecular complexity index is 1020. The molecule has 0 aliphatic heterocycles. The molecule has 28 heavy (non-hydrogen) atoms. The average molecular weight is 418 g/mol. The topological polar surface area (TPSA) is 94.4 Å². The molecule has 0 fully saturated rings. The van der Waals surface area contributed by atoms with Gasteiger partial charge in [-0.15, -0.1) is 11.3 Å². The van der Waals surface area contributed by atoms with E-state index in [9.17, 15) is 14.9 Å². The van der Waals surface area contributed by atoms with Gasteiger partial charge in [0.05, 0.1) is 29.2 Å². The van der Waals surface area contributed by atoms with E-state index in [0.717, 1.165) is 16.3 Å². The Morgan fingerprint density at radius 2 is 2.11 bits per heavy atom. The van der Waals surface area contributed by atoms with E-state index < -0.39 is 4.92 Å². The van der Waals surface area contributed by atoms with Crippen LogP contribution in [0.15, 0.2) is 47.8 Å². The third-order valence-electron chi connectivity index (χ3n) is 3.74. The number of aromatic nitrogens is 1. The van der Waals surface area contributed by atoms with Gasteiger partial charge in [-0.05, 0) is 31.2 Å². The Kier molecular flexibility index (Phi) is 6.23. The quantitative estimate of drug-likeness (QED) is 0.433. The number of rotatable bonds is 7. The second kappa shape index (κ2) is 8.81. The summed E-state index contributed by atoms with van der Waals surface area (Å²) >= 11 is 7.20. The number of hydrogen-bond donors (Lipinski definition) is 1. The van der Waals surface area contributed by atoms with E-state index >= 15 is 0 Å². The second-order valence-corrected chi connectivity index (χ2v) is 6.99. The van der Waals surface area contributed by atoms with Gasteiger partial charge in [-0.3, -0.25) is 14.9 Å². The van der Waals surface area contributed by atoms with Crippen molar-refractivity contribution in [3.05, 3.63) is 68.7 Å². The van der Waals surface area contributed by atoms with Crippen LogP contribution in [0.25, 0.3) is 10.6 Å². The van der Waals surface area contributed by atoms with E-state index in [4.69, 9.17) is 16.3 Å². The summed E-state index contributed by atoms with van der Waals surface area (Å²) in [6, 6.07) is 11.7.